The lowest BCUT2D eigenvalue weighted by molar-refractivity contribution is -0.132. The Bertz CT molecular complexity index is 640. The van der Waals surface area contributed by atoms with Crippen molar-refractivity contribution >= 4 is 24.1 Å². The molecule has 0 aliphatic rings. The molecule has 10 nitrogen and oxygen atoms in total. The topological polar surface area (TPSA) is 160 Å². The molecule has 0 aliphatic carbocycles. The Morgan fingerprint density at radius 1 is 0.767 bits per heavy atom. The highest BCUT2D eigenvalue weighted by molar-refractivity contribution is 5.85. The van der Waals surface area contributed by atoms with E-state index >= 15 is 0 Å². The summed E-state index contributed by atoms with van der Waals surface area (Å²) in [5, 5.41) is 32.9. The molecule has 0 atom stereocenters. The molecule has 4 N–H and O–H groups in total. The molecular weight excluding hydrogens is 400 g/mol. The van der Waals surface area contributed by atoms with E-state index in [0.29, 0.717) is 37.9 Å². The van der Waals surface area contributed by atoms with Crippen LogP contribution in [0.15, 0.2) is 57.8 Å². The Hall–Kier alpha value is -3.18. The number of furan rings is 2. The normalized spacial score (nSPS) is 10.3. The second kappa shape index (κ2) is 19.2. The number of aliphatic carboxylic acids is 2. The number of hydrogen-bond donors (Lipinski definition) is 4. The summed E-state index contributed by atoms with van der Waals surface area (Å²) in [5.41, 5.74) is 0. The van der Waals surface area contributed by atoms with Gasteiger partial charge in [-0.05, 0) is 36.4 Å². The van der Waals surface area contributed by atoms with Crippen molar-refractivity contribution in [2.24, 2.45) is 0 Å². The molecule has 0 aromatic carbocycles. The predicted molar refractivity (Wildman–Crippen MR) is 107 cm³/mol. The van der Waals surface area contributed by atoms with E-state index in [2.05, 4.69) is 0 Å². The van der Waals surface area contributed by atoms with Crippen LogP contribution in [0, 0.1) is 0 Å². The van der Waals surface area contributed by atoms with Gasteiger partial charge in [-0.15, -0.1) is 0 Å². The summed E-state index contributed by atoms with van der Waals surface area (Å²) in [6.45, 7) is 1.73. The molecule has 0 fully saturated rings. The fourth-order valence-electron chi connectivity index (χ4n) is 1.53. The van der Waals surface area contributed by atoms with Crippen molar-refractivity contribution in [3.63, 3.8) is 0 Å². The lowest BCUT2D eigenvalue weighted by atomic mass is 10.4. The van der Waals surface area contributed by atoms with Gasteiger partial charge in [0.25, 0.3) is 0 Å². The van der Waals surface area contributed by atoms with Gasteiger partial charge in [-0.1, -0.05) is 0 Å². The largest absolute Gasteiger partial charge is 0.478 e. The molecular formula is C20H26O10. The number of aliphatic hydroxyl groups is 2. The Morgan fingerprint density at radius 3 is 1.43 bits per heavy atom. The highest BCUT2D eigenvalue weighted by Crippen LogP contribution is 2.02. The second-order valence-corrected chi connectivity index (χ2v) is 5.05. The molecule has 2 aromatic rings. The van der Waals surface area contributed by atoms with Crippen molar-refractivity contribution in [3.8, 4) is 0 Å². The summed E-state index contributed by atoms with van der Waals surface area (Å²) >= 11 is 0. The Morgan fingerprint density at radius 2 is 1.17 bits per heavy atom. The minimum absolute atomic E-state index is 0.0417. The van der Waals surface area contributed by atoms with Crippen LogP contribution in [0.5, 0.6) is 0 Å². The fraction of sp³-hybridized carbons (Fsp3) is 0.300. The molecule has 0 radical (unpaired) electrons. The second-order valence-electron chi connectivity index (χ2n) is 5.05. The minimum atomic E-state index is -0.976. The van der Waals surface area contributed by atoms with Crippen molar-refractivity contribution < 1.29 is 48.3 Å². The van der Waals surface area contributed by atoms with E-state index in [1.165, 1.54) is 24.7 Å². The molecule has 0 unspecified atom stereocenters. The van der Waals surface area contributed by atoms with Crippen LogP contribution in [-0.2, 0) is 19.1 Å². The molecule has 0 bridgehead atoms. The Labute approximate surface area is 173 Å². The quantitative estimate of drug-likeness (QED) is 0.308. The lowest BCUT2D eigenvalue weighted by Gasteiger charge is -2.01. The van der Waals surface area contributed by atoms with Gasteiger partial charge in [-0.2, -0.15) is 0 Å². The van der Waals surface area contributed by atoms with Crippen LogP contribution in [-0.4, -0.2) is 72.0 Å². The maximum Gasteiger partial charge on any atom is 0.328 e. The van der Waals surface area contributed by atoms with Gasteiger partial charge in [-0.3, -0.25) is 0 Å². The van der Waals surface area contributed by atoms with Gasteiger partial charge in [0.2, 0.25) is 0 Å². The van der Waals surface area contributed by atoms with E-state index in [1.807, 2.05) is 0 Å². The van der Waals surface area contributed by atoms with Crippen molar-refractivity contribution in [1.82, 2.24) is 0 Å². The van der Waals surface area contributed by atoms with E-state index in [4.69, 9.17) is 38.7 Å². The molecule has 30 heavy (non-hydrogen) atoms. The molecule has 166 valence electrons. The summed E-state index contributed by atoms with van der Waals surface area (Å²) in [4.78, 5) is 19.9. The number of hydrogen-bond acceptors (Lipinski definition) is 8. The zero-order valence-electron chi connectivity index (χ0n) is 16.3. The molecule has 0 amide bonds. The van der Waals surface area contributed by atoms with Crippen LogP contribution in [0.2, 0.25) is 0 Å². The number of carboxylic acid groups (broad SMARTS) is 2. The third-order valence-corrected chi connectivity index (χ3v) is 2.71. The maximum atomic E-state index is 9.97. The first-order valence-electron chi connectivity index (χ1n) is 8.75. The van der Waals surface area contributed by atoms with Crippen LogP contribution in [0.1, 0.15) is 11.5 Å². The Balaban J connectivity index is 0.000000420. The average Bonchev–Trinajstić information content (AvgIpc) is 3.42. The number of ether oxygens (including phenoxy) is 2. The molecule has 0 saturated heterocycles. The first-order chi connectivity index (χ1) is 14.5. The zero-order chi connectivity index (χ0) is 22.5. The SMILES string of the molecule is O=C(O)C=Cc1ccco1.O=C(O)C=Cc1ccco1.OCCOCCOCCO. The smallest absolute Gasteiger partial charge is 0.328 e. The predicted octanol–water partition coefficient (Wildman–Crippen LogP) is 1.76. The van der Waals surface area contributed by atoms with E-state index in [1.54, 1.807) is 24.3 Å². The molecule has 2 heterocycles. The molecule has 0 aliphatic heterocycles. The Kier molecular flexibility index (Phi) is 17.1. The third-order valence-electron chi connectivity index (χ3n) is 2.71. The summed E-state index contributed by atoms with van der Waals surface area (Å²) in [7, 11) is 0. The summed E-state index contributed by atoms with van der Waals surface area (Å²) in [6, 6.07) is 6.75. The van der Waals surface area contributed by atoms with Crippen molar-refractivity contribution in [2.45, 2.75) is 0 Å². The van der Waals surface area contributed by atoms with Gasteiger partial charge < -0.3 is 38.7 Å². The summed E-state index contributed by atoms with van der Waals surface area (Å²) in [5.74, 6) is -0.863. The monoisotopic (exact) mass is 426 g/mol. The van der Waals surface area contributed by atoms with Crippen LogP contribution in [0.4, 0.5) is 0 Å². The van der Waals surface area contributed by atoms with E-state index < -0.39 is 11.9 Å². The van der Waals surface area contributed by atoms with Crippen molar-refractivity contribution in [3.05, 3.63) is 60.5 Å². The molecule has 2 rings (SSSR count). The number of carboxylic acids is 2. The number of carbonyl (C=O) groups is 2. The molecule has 0 spiro atoms. The first-order valence-corrected chi connectivity index (χ1v) is 8.75. The summed E-state index contributed by atoms with van der Waals surface area (Å²) < 4.78 is 19.4. The van der Waals surface area contributed by atoms with Crippen LogP contribution < -0.4 is 0 Å². The highest BCUT2D eigenvalue weighted by Gasteiger charge is 1.90. The van der Waals surface area contributed by atoms with Gasteiger partial charge in [-0.25, -0.2) is 9.59 Å². The van der Waals surface area contributed by atoms with Crippen molar-refractivity contribution in [2.75, 3.05) is 39.6 Å². The molecule has 2 aromatic heterocycles. The van der Waals surface area contributed by atoms with Crippen LogP contribution in [0.25, 0.3) is 12.2 Å². The van der Waals surface area contributed by atoms with Gasteiger partial charge in [0.15, 0.2) is 0 Å². The third kappa shape index (κ3) is 18.2. The first kappa shape index (κ1) is 26.8. The maximum absolute atomic E-state index is 9.97. The van der Waals surface area contributed by atoms with Gasteiger partial charge in [0.05, 0.1) is 52.2 Å². The van der Waals surface area contributed by atoms with E-state index in [9.17, 15) is 9.59 Å². The minimum Gasteiger partial charge on any atom is -0.478 e. The van der Waals surface area contributed by atoms with E-state index in [0.717, 1.165) is 12.2 Å². The zero-order valence-corrected chi connectivity index (χ0v) is 16.3. The highest BCUT2D eigenvalue weighted by atomic mass is 16.5. The number of rotatable bonds is 11. The summed E-state index contributed by atoms with van der Waals surface area (Å²) in [6.07, 6.45) is 7.81. The average molecular weight is 426 g/mol. The van der Waals surface area contributed by atoms with Gasteiger partial charge in [0.1, 0.15) is 11.5 Å². The standard InChI is InChI=1S/2C7H6O3.C6H14O4/c2*8-7(9)4-3-6-2-1-5-10-6;7-1-3-9-5-6-10-4-2-8/h2*1-5H,(H,8,9);7-8H,1-6H2. The molecule has 10 heteroatoms. The molecule has 0 saturated carbocycles. The lowest BCUT2D eigenvalue weighted by Crippen LogP contribution is -2.09. The van der Waals surface area contributed by atoms with Gasteiger partial charge in [0, 0.05) is 12.2 Å². The van der Waals surface area contributed by atoms with E-state index in [-0.39, 0.29) is 13.2 Å². The number of aliphatic hydroxyl groups excluding tert-OH is 2. The van der Waals surface area contributed by atoms with Crippen LogP contribution in [0.3, 0.4) is 0 Å². The van der Waals surface area contributed by atoms with Gasteiger partial charge >= 0.3 is 11.9 Å². The van der Waals surface area contributed by atoms with Crippen molar-refractivity contribution in [1.29, 1.82) is 0 Å². The fourth-order valence-corrected chi connectivity index (χ4v) is 1.53. The van der Waals surface area contributed by atoms with Crippen LogP contribution >= 0.6 is 0 Å².